The van der Waals surface area contributed by atoms with Gasteiger partial charge in [0.2, 0.25) is 0 Å². The number of fused-ring (bicyclic) bond motifs is 1. The van der Waals surface area contributed by atoms with E-state index in [1.807, 2.05) is 13.8 Å². The number of ether oxygens (including phenoxy) is 3. The summed E-state index contributed by atoms with van der Waals surface area (Å²) in [4.78, 5) is 33.4. The van der Waals surface area contributed by atoms with Crippen molar-refractivity contribution in [2.45, 2.75) is 31.6 Å². The second-order valence-corrected chi connectivity index (χ2v) is 5.02. The Hall–Kier alpha value is -1.67. The molecule has 112 valence electrons. The molecular weight excluding hydrogens is 268 g/mol. The van der Waals surface area contributed by atoms with E-state index in [9.17, 15) is 9.59 Å². The molecule has 8 heteroatoms. The lowest BCUT2D eigenvalue weighted by Crippen LogP contribution is -2.51. The monoisotopic (exact) mass is 286 g/mol. The molecule has 0 saturated carbocycles. The van der Waals surface area contributed by atoms with Crippen molar-refractivity contribution >= 4 is 17.8 Å². The van der Waals surface area contributed by atoms with Crippen LogP contribution in [0.5, 0.6) is 0 Å². The Balaban J connectivity index is 2.37. The number of hydrogen-bond donors (Lipinski definition) is 0. The van der Waals surface area contributed by atoms with Gasteiger partial charge < -0.3 is 14.2 Å². The van der Waals surface area contributed by atoms with Gasteiger partial charge in [-0.25, -0.2) is 19.7 Å². The molecule has 8 nitrogen and oxygen atoms in total. The van der Waals surface area contributed by atoms with Crippen molar-refractivity contribution in [2.24, 2.45) is 4.99 Å². The van der Waals surface area contributed by atoms with E-state index in [0.717, 1.165) is 0 Å². The van der Waals surface area contributed by atoms with Crippen molar-refractivity contribution in [3.63, 3.8) is 0 Å². The third kappa shape index (κ3) is 2.36. The topological polar surface area (TPSA) is 86.7 Å². The first-order chi connectivity index (χ1) is 9.34. The Bertz CT molecular complexity index is 461. The summed E-state index contributed by atoms with van der Waals surface area (Å²) in [7, 11) is 2.44. The normalized spacial score (nSPS) is 27.6. The van der Waals surface area contributed by atoms with Crippen molar-refractivity contribution in [2.75, 3.05) is 27.4 Å². The molecule has 1 saturated heterocycles. The molecule has 1 unspecified atom stereocenters. The van der Waals surface area contributed by atoms with E-state index < -0.39 is 23.3 Å². The van der Waals surface area contributed by atoms with E-state index in [-0.39, 0.29) is 6.42 Å². The van der Waals surface area contributed by atoms with Crippen LogP contribution in [0.1, 0.15) is 20.3 Å². The number of amidine groups is 1. The number of methoxy groups -OCH3 is 2. The van der Waals surface area contributed by atoms with E-state index in [2.05, 4.69) is 9.73 Å². The van der Waals surface area contributed by atoms with Gasteiger partial charge in [0.05, 0.1) is 27.4 Å². The molecule has 2 aliphatic rings. The number of esters is 2. The molecule has 0 aromatic rings. The summed E-state index contributed by atoms with van der Waals surface area (Å²) in [6.45, 7) is 4.48. The standard InChI is InChI=1S/C12H18N2O6/c1-11(2)9-13-12(10(16)18-4,7-8(15)17-3)20-14(9)5-6-19-11/h5-7H2,1-4H3. The summed E-state index contributed by atoms with van der Waals surface area (Å²) in [5.74, 6) is -0.906. The molecule has 0 spiro atoms. The highest BCUT2D eigenvalue weighted by Gasteiger charge is 2.54. The number of carbonyl (C=O) groups is 2. The average Bonchev–Trinajstić information content (AvgIpc) is 2.78. The smallest absolute Gasteiger partial charge is 0.364 e. The second-order valence-electron chi connectivity index (χ2n) is 5.02. The number of carbonyl (C=O) groups excluding carboxylic acids is 2. The van der Waals surface area contributed by atoms with Gasteiger partial charge in [-0.1, -0.05) is 0 Å². The first-order valence-corrected chi connectivity index (χ1v) is 6.21. The SMILES string of the molecule is COC(=O)CC1(C(=O)OC)N=C2N(CCOC2(C)C)O1. The summed E-state index contributed by atoms with van der Waals surface area (Å²) < 4.78 is 14.9. The van der Waals surface area contributed by atoms with Crippen LogP contribution >= 0.6 is 0 Å². The molecule has 0 aliphatic carbocycles. The highest BCUT2D eigenvalue weighted by atomic mass is 16.7. The van der Waals surface area contributed by atoms with Crippen LogP contribution in [0.15, 0.2) is 4.99 Å². The van der Waals surface area contributed by atoms with E-state index in [0.29, 0.717) is 19.0 Å². The zero-order chi connectivity index (χ0) is 15.0. The number of rotatable bonds is 3. The minimum absolute atomic E-state index is 0.355. The van der Waals surface area contributed by atoms with Crippen molar-refractivity contribution in [1.29, 1.82) is 0 Å². The highest BCUT2D eigenvalue weighted by molar-refractivity contribution is 5.96. The van der Waals surface area contributed by atoms with Gasteiger partial charge in [-0.3, -0.25) is 4.79 Å². The van der Waals surface area contributed by atoms with E-state index in [1.165, 1.54) is 19.3 Å². The molecule has 20 heavy (non-hydrogen) atoms. The van der Waals surface area contributed by atoms with Crippen molar-refractivity contribution in [3.8, 4) is 0 Å². The van der Waals surface area contributed by atoms with Gasteiger partial charge >= 0.3 is 11.9 Å². The fourth-order valence-corrected chi connectivity index (χ4v) is 2.16. The third-order valence-corrected chi connectivity index (χ3v) is 3.20. The van der Waals surface area contributed by atoms with E-state index in [1.54, 1.807) is 0 Å². The molecule has 0 radical (unpaired) electrons. The molecule has 1 atom stereocenters. The van der Waals surface area contributed by atoms with Crippen LogP contribution in [0, 0.1) is 0 Å². The van der Waals surface area contributed by atoms with Gasteiger partial charge in [0.25, 0.3) is 5.72 Å². The maximum atomic E-state index is 12.0. The summed E-state index contributed by atoms with van der Waals surface area (Å²) in [5, 5.41) is 1.48. The molecule has 1 fully saturated rings. The zero-order valence-electron chi connectivity index (χ0n) is 12.0. The minimum Gasteiger partial charge on any atom is -0.469 e. The van der Waals surface area contributed by atoms with E-state index in [4.69, 9.17) is 14.3 Å². The Kier molecular flexibility index (Phi) is 3.70. The molecular formula is C12H18N2O6. The fraction of sp³-hybridized carbons (Fsp3) is 0.750. The lowest BCUT2D eigenvalue weighted by molar-refractivity contribution is -0.221. The summed E-state index contributed by atoms with van der Waals surface area (Å²) in [6, 6.07) is 0. The zero-order valence-corrected chi connectivity index (χ0v) is 12.0. The van der Waals surface area contributed by atoms with Crippen LogP contribution in [-0.4, -0.2) is 61.5 Å². The fourth-order valence-electron chi connectivity index (χ4n) is 2.16. The molecule has 2 rings (SSSR count). The van der Waals surface area contributed by atoms with Crippen molar-refractivity contribution in [1.82, 2.24) is 5.06 Å². The van der Waals surface area contributed by atoms with Crippen molar-refractivity contribution in [3.05, 3.63) is 0 Å². The predicted molar refractivity (Wildman–Crippen MR) is 66.6 cm³/mol. The number of hydroxylamine groups is 2. The van der Waals surface area contributed by atoms with Crippen LogP contribution in [0.2, 0.25) is 0 Å². The lowest BCUT2D eigenvalue weighted by Gasteiger charge is -2.36. The Labute approximate surface area is 116 Å². The first-order valence-electron chi connectivity index (χ1n) is 6.21. The van der Waals surface area contributed by atoms with Crippen LogP contribution in [-0.2, 0) is 28.6 Å². The Morgan fingerprint density at radius 2 is 2.05 bits per heavy atom. The van der Waals surface area contributed by atoms with Gasteiger partial charge in [-0.15, -0.1) is 0 Å². The number of nitrogens with zero attached hydrogens (tertiary/aromatic N) is 2. The predicted octanol–water partition coefficient (Wildman–Crippen LogP) is -0.127. The molecule has 0 bridgehead atoms. The first kappa shape index (κ1) is 14.7. The van der Waals surface area contributed by atoms with Gasteiger partial charge in [-0.2, -0.15) is 0 Å². The maximum absolute atomic E-state index is 12.0. The van der Waals surface area contributed by atoms with Crippen LogP contribution in [0.4, 0.5) is 0 Å². The van der Waals surface area contributed by atoms with Gasteiger partial charge in [0.15, 0.2) is 5.84 Å². The molecule has 0 aromatic heterocycles. The van der Waals surface area contributed by atoms with Crippen LogP contribution < -0.4 is 0 Å². The summed E-state index contributed by atoms with van der Waals surface area (Å²) >= 11 is 0. The molecule has 2 heterocycles. The summed E-state index contributed by atoms with van der Waals surface area (Å²) in [6.07, 6.45) is -0.355. The Morgan fingerprint density at radius 1 is 1.35 bits per heavy atom. The second kappa shape index (κ2) is 5.02. The minimum atomic E-state index is -1.73. The Morgan fingerprint density at radius 3 is 2.60 bits per heavy atom. The van der Waals surface area contributed by atoms with Crippen LogP contribution in [0.25, 0.3) is 0 Å². The largest absolute Gasteiger partial charge is 0.469 e. The number of hydrogen-bond acceptors (Lipinski definition) is 8. The summed E-state index contributed by atoms with van der Waals surface area (Å²) in [5.41, 5.74) is -2.44. The van der Waals surface area contributed by atoms with Crippen molar-refractivity contribution < 1.29 is 28.6 Å². The average molecular weight is 286 g/mol. The highest BCUT2D eigenvalue weighted by Crippen LogP contribution is 2.34. The van der Waals surface area contributed by atoms with E-state index >= 15 is 0 Å². The maximum Gasteiger partial charge on any atom is 0.364 e. The molecule has 2 aliphatic heterocycles. The molecule has 0 N–H and O–H groups in total. The quantitative estimate of drug-likeness (QED) is 0.668. The van der Waals surface area contributed by atoms with Gasteiger partial charge in [0, 0.05) is 0 Å². The third-order valence-electron chi connectivity index (χ3n) is 3.20. The van der Waals surface area contributed by atoms with Crippen LogP contribution in [0.3, 0.4) is 0 Å². The molecule has 0 amide bonds. The number of aliphatic imine (C=N–C) groups is 1. The van der Waals surface area contributed by atoms with Gasteiger partial charge in [-0.05, 0) is 13.8 Å². The van der Waals surface area contributed by atoms with Gasteiger partial charge in [0.1, 0.15) is 12.0 Å². The number of morpholine rings is 1. The molecule has 0 aromatic carbocycles. The lowest BCUT2D eigenvalue weighted by atomic mass is 10.1.